The number of anilines is 3. The second-order valence-corrected chi connectivity index (χ2v) is 11.8. The van der Waals surface area contributed by atoms with Crippen molar-refractivity contribution in [2.45, 2.75) is 0 Å². The molecule has 2 heteroatoms. The van der Waals surface area contributed by atoms with Gasteiger partial charge in [0.1, 0.15) is 0 Å². The van der Waals surface area contributed by atoms with Crippen molar-refractivity contribution in [3.63, 3.8) is 0 Å². The van der Waals surface area contributed by atoms with E-state index in [1.807, 2.05) is 0 Å². The van der Waals surface area contributed by atoms with E-state index in [-0.39, 0.29) is 0 Å². The van der Waals surface area contributed by atoms with Crippen LogP contribution in [0.4, 0.5) is 17.1 Å². The second kappa shape index (κ2) is 10.8. The van der Waals surface area contributed by atoms with E-state index in [1.165, 1.54) is 54.5 Å². The topological polar surface area (TPSA) is 8.17 Å². The van der Waals surface area contributed by atoms with Gasteiger partial charge in [0.2, 0.25) is 0 Å². The molecule has 0 saturated carbocycles. The first-order chi connectivity index (χ1) is 22.8. The van der Waals surface area contributed by atoms with Gasteiger partial charge in [-0.2, -0.15) is 0 Å². The van der Waals surface area contributed by atoms with E-state index in [4.69, 9.17) is 0 Å². The van der Waals surface area contributed by atoms with Crippen LogP contribution < -0.4 is 4.90 Å². The minimum atomic E-state index is 1.12. The van der Waals surface area contributed by atoms with Crippen molar-refractivity contribution in [1.29, 1.82) is 0 Å². The predicted molar refractivity (Wildman–Crippen MR) is 196 cm³/mol. The maximum atomic E-state index is 2.36. The number of rotatable bonds is 5. The van der Waals surface area contributed by atoms with Gasteiger partial charge in [-0.05, 0) is 93.3 Å². The zero-order valence-corrected chi connectivity index (χ0v) is 25.2. The van der Waals surface area contributed by atoms with Crippen LogP contribution in [0.1, 0.15) is 0 Å². The van der Waals surface area contributed by atoms with Gasteiger partial charge in [-0.25, -0.2) is 0 Å². The fraction of sp³-hybridized carbons (Fsp3) is 0. The monoisotopic (exact) mass is 586 g/mol. The molecule has 8 aromatic carbocycles. The first-order valence-electron chi connectivity index (χ1n) is 15.8. The van der Waals surface area contributed by atoms with Gasteiger partial charge in [-0.3, -0.25) is 0 Å². The number of fused-ring (bicyclic) bond motifs is 6. The fourth-order valence-electron chi connectivity index (χ4n) is 6.96. The van der Waals surface area contributed by atoms with Crippen molar-refractivity contribution in [2.75, 3.05) is 4.90 Å². The van der Waals surface area contributed by atoms with Gasteiger partial charge in [0, 0.05) is 33.5 Å². The maximum Gasteiger partial charge on any atom is 0.0541 e. The van der Waals surface area contributed by atoms with Crippen LogP contribution >= 0.6 is 0 Å². The van der Waals surface area contributed by atoms with E-state index < -0.39 is 0 Å². The molecule has 0 radical (unpaired) electrons. The van der Waals surface area contributed by atoms with Gasteiger partial charge in [0.25, 0.3) is 0 Å². The number of benzene rings is 8. The van der Waals surface area contributed by atoms with Crippen LogP contribution in [0.3, 0.4) is 0 Å². The highest BCUT2D eigenvalue weighted by Gasteiger charge is 2.15. The normalized spacial score (nSPS) is 11.5. The number of hydrogen-bond acceptors (Lipinski definition) is 1. The summed E-state index contributed by atoms with van der Waals surface area (Å²) in [6, 6.07) is 65.6. The van der Waals surface area contributed by atoms with Gasteiger partial charge < -0.3 is 9.47 Å². The molecular formula is C44H30N2. The molecule has 0 unspecified atom stereocenters. The predicted octanol–water partition coefficient (Wildman–Crippen LogP) is 12.2. The minimum absolute atomic E-state index is 1.12. The molecule has 1 aromatic heterocycles. The van der Waals surface area contributed by atoms with Gasteiger partial charge in [0.05, 0.1) is 11.0 Å². The smallest absolute Gasteiger partial charge is 0.0541 e. The lowest BCUT2D eigenvalue weighted by Gasteiger charge is -2.26. The Morgan fingerprint density at radius 1 is 0.326 bits per heavy atom. The summed E-state index contributed by atoms with van der Waals surface area (Å²) >= 11 is 0. The lowest BCUT2D eigenvalue weighted by Crippen LogP contribution is -2.09. The first kappa shape index (κ1) is 26.3. The summed E-state index contributed by atoms with van der Waals surface area (Å²) in [5.41, 5.74) is 9.39. The summed E-state index contributed by atoms with van der Waals surface area (Å²) in [6.07, 6.45) is 0. The summed E-state index contributed by atoms with van der Waals surface area (Å²) < 4.78 is 2.36. The molecule has 0 aliphatic heterocycles. The number of para-hydroxylation sites is 3. The van der Waals surface area contributed by atoms with Crippen LogP contribution in [-0.4, -0.2) is 4.57 Å². The van der Waals surface area contributed by atoms with E-state index >= 15 is 0 Å². The summed E-state index contributed by atoms with van der Waals surface area (Å²) in [5.74, 6) is 0. The van der Waals surface area contributed by atoms with E-state index in [1.54, 1.807) is 0 Å². The Hall–Kier alpha value is -6.12. The lowest BCUT2D eigenvalue weighted by molar-refractivity contribution is 1.18. The summed E-state index contributed by atoms with van der Waals surface area (Å²) in [4.78, 5) is 2.34. The summed E-state index contributed by atoms with van der Waals surface area (Å²) in [7, 11) is 0. The highest BCUT2D eigenvalue weighted by Crippen LogP contribution is 2.39. The Kier molecular flexibility index (Phi) is 6.17. The average Bonchev–Trinajstić information content (AvgIpc) is 3.47. The van der Waals surface area contributed by atoms with Crippen LogP contribution in [0, 0.1) is 0 Å². The molecule has 216 valence electrons. The number of aromatic nitrogens is 1. The Morgan fingerprint density at radius 3 is 1.48 bits per heavy atom. The maximum absolute atomic E-state index is 2.36. The SMILES string of the molecule is c1ccc(N(c2ccc(-c3ccc(-n4c5ccccc5c5ccccc54)cc3)cc2)c2ccc3ccc4ccccc4c3c2)cc1. The van der Waals surface area contributed by atoms with Gasteiger partial charge in [-0.1, -0.05) is 121 Å². The quantitative estimate of drug-likeness (QED) is 0.182. The molecule has 0 N–H and O–H groups in total. The number of hydrogen-bond donors (Lipinski definition) is 0. The molecule has 1 heterocycles. The third-order valence-electron chi connectivity index (χ3n) is 9.17. The largest absolute Gasteiger partial charge is 0.310 e. The van der Waals surface area contributed by atoms with Crippen molar-refractivity contribution in [3.8, 4) is 16.8 Å². The number of nitrogens with zero attached hydrogens (tertiary/aromatic N) is 2. The van der Waals surface area contributed by atoms with E-state index in [2.05, 4.69) is 191 Å². The van der Waals surface area contributed by atoms with Crippen molar-refractivity contribution in [2.24, 2.45) is 0 Å². The van der Waals surface area contributed by atoms with Crippen molar-refractivity contribution in [1.82, 2.24) is 4.57 Å². The van der Waals surface area contributed by atoms with E-state index in [9.17, 15) is 0 Å². The molecule has 0 bridgehead atoms. The molecule has 0 aliphatic rings. The first-order valence-corrected chi connectivity index (χ1v) is 15.8. The fourth-order valence-corrected chi connectivity index (χ4v) is 6.96. The molecule has 0 aliphatic carbocycles. The van der Waals surface area contributed by atoms with E-state index in [0.717, 1.165) is 22.7 Å². The van der Waals surface area contributed by atoms with Gasteiger partial charge in [0.15, 0.2) is 0 Å². The molecule has 0 atom stereocenters. The van der Waals surface area contributed by atoms with Crippen molar-refractivity contribution >= 4 is 60.4 Å². The van der Waals surface area contributed by atoms with Crippen LogP contribution in [0.5, 0.6) is 0 Å². The van der Waals surface area contributed by atoms with Crippen molar-refractivity contribution < 1.29 is 0 Å². The van der Waals surface area contributed by atoms with Crippen LogP contribution in [-0.2, 0) is 0 Å². The van der Waals surface area contributed by atoms with Gasteiger partial charge >= 0.3 is 0 Å². The molecule has 9 aromatic rings. The summed E-state index contributed by atoms with van der Waals surface area (Å²) in [6.45, 7) is 0. The third kappa shape index (κ3) is 4.35. The molecule has 46 heavy (non-hydrogen) atoms. The highest BCUT2D eigenvalue weighted by atomic mass is 15.1. The molecule has 0 amide bonds. The summed E-state index contributed by atoms with van der Waals surface area (Å²) in [5, 5.41) is 7.59. The second-order valence-electron chi connectivity index (χ2n) is 11.8. The molecule has 9 rings (SSSR count). The molecular weight excluding hydrogens is 556 g/mol. The molecule has 0 spiro atoms. The molecule has 0 fully saturated rings. The molecule has 2 nitrogen and oxygen atoms in total. The van der Waals surface area contributed by atoms with E-state index in [0.29, 0.717) is 0 Å². The lowest BCUT2D eigenvalue weighted by atomic mass is 10.0. The third-order valence-corrected chi connectivity index (χ3v) is 9.17. The van der Waals surface area contributed by atoms with Crippen LogP contribution in [0.15, 0.2) is 182 Å². The zero-order valence-electron chi connectivity index (χ0n) is 25.2. The van der Waals surface area contributed by atoms with Crippen LogP contribution in [0.25, 0.3) is 60.2 Å². The van der Waals surface area contributed by atoms with Crippen molar-refractivity contribution in [3.05, 3.63) is 182 Å². The Morgan fingerprint density at radius 2 is 0.804 bits per heavy atom. The zero-order chi connectivity index (χ0) is 30.5. The average molecular weight is 587 g/mol. The Bertz CT molecular complexity index is 2450. The molecule has 0 saturated heterocycles. The highest BCUT2D eigenvalue weighted by molar-refractivity contribution is 6.10. The Balaban J connectivity index is 1.09. The van der Waals surface area contributed by atoms with Gasteiger partial charge in [-0.15, -0.1) is 0 Å². The Labute approximate surface area is 268 Å². The minimum Gasteiger partial charge on any atom is -0.310 e. The van der Waals surface area contributed by atoms with Crippen LogP contribution in [0.2, 0.25) is 0 Å². The standard InChI is InChI=1S/C44H30N2/c1-2-11-35(12-3-1)45(38-29-24-34-19-18-33-10-4-5-13-39(33)42(34)30-38)36-25-20-31(21-26-36)32-22-27-37(28-23-32)46-43-16-8-6-14-40(43)41-15-7-9-17-44(41)46/h1-30H.